The second-order valence-electron chi connectivity index (χ2n) is 4.28. The van der Waals surface area contributed by atoms with Gasteiger partial charge in [0, 0.05) is 6.07 Å². The fourth-order valence-electron chi connectivity index (χ4n) is 1.76. The predicted octanol–water partition coefficient (Wildman–Crippen LogP) is 2.77. The van der Waals surface area contributed by atoms with Crippen LogP contribution in [0.5, 0.6) is 0 Å². The van der Waals surface area contributed by atoms with Gasteiger partial charge in [-0.25, -0.2) is 0 Å². The van der Waals surface area contributed by atoms with Gasteiger partial charge in [0.1, 0.15) is 23.5 Å². The molecule has 3 heterocycles. The van der Waals surface area contributed by atoms with Crippen LogP contribution in [0, 0.1) is 6.92 Å². The van der Waals surface area contributed by atoms with E-state index in [-0.39, 0.29) is 18.1 Å². The minimum Gasteiger partial charge on any atom is -0.472 e. The Morgan fingerprint density at radius 3 is 2.95 bits per heavy atom. The van der Waals surface area contributed by atoms with Gasteiger partial charge in [0.25, 0.3) is 5.91 Å². The molecule has 20 heavy (non-hydrogen) atoms. The first-order valence-corrected chi connectivity index (χ1v) is 6.05. The van der Waals surface area contributed by atoms with Crippen molar-refractivity contribution >= 4 is 5.91 Å². The highest BCUT2D eigenvalue weighted by atomic mass is 16.5. The fraction of sp³-hybridized carbons (Fsp3) is 0.143. The summed E-state index contributed by atoms with van der Waals surface area (Å²) >= 11 is 0. The molecule has 0 radical (unpaired) electrons. The van der Waals surface area contributed by atoms with E-state index in [1.54, 1.807) is 37.6 Å². The van der Waals surface area contributed by atoms with Gasteiger partial charge < -0.3 is 18.7 Å². The molecule has 1 amide bonds. The third kappa shape index (κ3) is 2.49. The molecular weight excluding hydrogens is 260 g/mol. The monoisotopic (exact) mass is 272 g/mol. The largest absolute Gasteiger partial charge is 0.472 e. The van der Waals surface area contributed by atoms with Crippen LogP contribution in [0.25, 0.3) is 11.3 Å². The quantitative estimate of drug-likeness (QED) is 0.789. The van der Waals surface area contributed by atoms with Gasteiger partial charge in [-0.3, -0.25) is 4.79 Å². The van der Waals surface area contributed by atoms with Crippen LogP contribution < -0.4 is 5.32 Å². The molecule has 0 saturated heterocycles. The lowest BCUT2D eigenvalue weighted by atomic mass is 10.3. The Labute approximate surface area is 114 Å². The maximum absolute atomic E-state index is 11.8. The van der Waals surface area contributed by atoms with Crippen LogP contribution in [0.4, 0.5) is 0 Å². The van der Waals surface area contributed by atoms with Crippen LogP contribution in [-0.2, 0) is 6.54 Å². The first-order valence-electron chi connectivity index (χ1n) is 6.05. The highest BCUT2D eigenvalue weighted by Gasteiger charge is 2.12. The Morgan fingerprint density at radius 1 is 1.35 bits per heavy atom. The third-order valence-electron chi connectivity index (χ3n) is 2.75. The fourth-order valence-corrected chi connectivity index (χ4v) is 1.76. The Bertz CT molecular complexity index is 709. The van der Waals surface area contributed by atoms with Gasteiger partial charge in [0.05, 0.1) is 18.4 Å². The number of rotatable bonds is 4. The molecule has 3 aromatic rings. The van der Waals surface area contributed by atoms with E-state index >= 15 is 0 Å². The smallest absolute Gasteiger partial charge is 0.273 e. The van der Waals surface area contributed by atoms with Crippen molar-refractivity contribution in [1.29, 1.82) is 0 Å². The Morgan fingerprint density at radius 2 is 2.25 bits per heavy atom. The van der Waals surface area contributed by atoms with Crippen molar-refractivity contribution in [1.82, 2.24) is 10.5 Å². The van der Waals surface area contributed by atoms with Gasteiger partial charge in [0.2, 0.25) is 0 Å². The number of nitrogens with zero attached hydrogens (tertiary/aromatic N) is 1. The second kappa shape index (κ2) is 5.08. The maximum Gasteiger partial charge on any atom is 0.273 e. The summed E-state index contributed by atoms with van der Waals surface area (Å²) in [5.74, 6) is 1.63. The van der Waals surface area contributed by atoms with Crippen molar-refractivity contribution < 1.29 is 18.2 Å². The molecule has 0 aliphatic carbocycles. The van der Waals surface area contributed by atoms with E-state index in [0.717, 1.165) is 5.56 Å². The van der Waals surface area contributed by atoms with Gasteiger partial charge in [-0.1, -0.05) is 5.16 Å². The van der Waals surface area contributed by atoms with Crippen LogP contribution >= 0.6 is 0 Å². The molecule has 0 aromatic carbocycles. The van der Waals surface area contributed by atoms with Gasteiger partial charge in [-0.15, -0.1) is 0 Å². The summed E-state index contributed by atoms with van der Waals surface area (Å²) in [5, 5.41) is 6.35. The molecule has 0 atom stereocenters. The molecular formula is C14H12N2O4. The second-order valence-corrected chi connectivity index (χ2v) is 4.28. The number of nitrogens with one attached hydrogen (secondary N) is 1. The normalized spacial score (nSPS) is 10.7. The number of hydrogen-bond donors (Lipinski definition) is 1. The predicted molar refractivity (Wildman–Crippen MR) is 68.8 cm³/mol. The average molecular weight is 272 g/mol. The van der Waals surface area contributed by atoms with Gasteiger partial charge in [-0.2, -0.15) is 0 Å². The summed E-state index contributed by atoms with van der Waals surface area (Å²) in [5.41, 5.74) is 1.11. The van der Waals surface area contributed by atoms with E-state index in [0.29, 0.717) is 17.3 Å². The zero-order chi connectivity index (χ0) is 13.9. The number of aromatic nitrogens is 1. The summed E-state index contributed by atoms with van der Waals surface area (Å²) in [6.07, 6.45) is 3.17. The highest BCUT2D eigenvalue weighted by Crippen LogP contribution is 2.22. The highest BCUT2D eigenvalue weighted by molar-refractivity contribution is 5.92. The van der Waals surface area contributed by atoms with Gasteiger partial charge in [-0.05, 0) is 25.1 Å². The number of amides is 1. The number of hydrogen-bond acceptors (Lipinski definition) is 5. The van der Waals surface area contributed by atoms with Gasteiger partial charge >= 0.3 is 0 Å². The van der Waals surface area contributed by atoms with E-state index in [4.69, 9.17) is 13.4 Å². The molecule has 3 rings (SSSR count). The van der Waals surface area contributed by atoms with Crippen molar-refractivity contribution in [2.75, 3.05) is 0 Å². The van der Waals surface area contributed by atoms with Crippen LogP contribution in [0.3, 0.4) is 0 Å². The molecule has 6 nitrogen and oxygen atoms in total. The molecule has 0 fully saturated rings. The molecule has 0 aliphatic rings. The molecule has 0 aliphatic heterocycles. The Hall–Kier alpha value is -2.76. The topological polar surface area (TPSA) is 81.4 Å². The van der Waals surface area contributed by atoms with E-state index in [1.165, 1.54) is 0 Å². The standard InChI is InChI=1S/C14H12N2O4/c1-9-6-12(16-20-9)14(17)15-7-11-2-3-13(19-11)10-4-5-18-8-10/h2-6,8H,7H2,1H3,(H,15,17). The lowest BCUT2D eigenvalue weighted by molar-refractivity contribution is 0.0939. The summed E-state index contributed by atoms with van der Waals surface area (Å²) in [7, 11) is 0. The van der Waals surface area contributed by atoms with E-state index < -0.39 is 0 Å². The average Bonchev–Trinajstić information content (AvgIpc) is 3.16. The first kappa shape index (κ1) is 12.3. The summed E-state index contributed by atoms with van der Waals surface area (Å²) in [6, 6.07) is 7.01. The first-order chi connectivity index (χ1) is 9.72. The van der Waals surface area contributed by atoms with Crippen LogP contribution in [0.2, 0.25) is 0 Å². The number of aryl methyl sites for hydroxylation is 1. The number of carbonyl (C=O) groups is 1. The summed E-state index contributed by atoms with van der Waals surface area (Å²) in [6.45, 7) is 2.01. The molecule has 3 aromatic heterocycles. The van der Waals surface area contributed by atoms with Crippen LogP contribution in [0.1, 0.15) is 22.0 Å². The molecule has 0 bridgehead atoms. The van der Waals surface area contributed by atoms with Crippen molar-refractivity contribution in [3.05, 3.63) is 54.0 Å². The third-order valence-corrected chi connectivity index (χ3v) is 2.75. The molecule has 102 valence electrons. The lowest BCUT2D eigenvalue weighted by Crippen LogP contribution is -2.22. The van der Waals surface area contributed by atoms with Crippen molar-refractivity contribution in [2.24, 2.45) is 0 Å². The zero-order valence-corrected chi connectivity index (χ0v) is 10.8. The van der Waals surface area contributed by atoms with Crippen LogP contribution in [-0.4, -0.2) is 11.1 Å². The SMILES string of the molecule is Cc1cc(C(=O)NCc2ccc(-c3ccoc3)o2)no1. The van der Waals surface area contributed by atoms with Gasteiger partial charge in [0.15, 0.2) is 5.69 Å². The molecule has 6 heteroatoms. The molecule has 0 unspecified atom stereocenters. The maximum atomic E-state index is 11.8. The van der Waals surface area contributed by atoms with E-state index in [9.17, 15) is 4.79 Å². The van der Waals surface area contributed by atoms with E-state index in [1.807, 2.05) is 6.07 Å². The van der Waals surface area contributed by atoms with Crippen molar-refractivity contribution in [2.45, 2.75) is 13.5 Å². The van der Waals surface area contributed by atoms with Crippen molar-refractivity contribution in [3.8, 4) is 11.3 Å². The minimum atomic E-state index is -0.303. The molecule has 1 N–H and O–H groups in total. The molecule has 0 spiro atoms. The van der Waals surface area contributed by atoms with Crippen molar-refractivity contribution in [3.63, 3.8) is 0 Å². The van der Waals surface area contributed by atoms with E-state index in [2.05, 4.69) is 10.5 Å². The summed E-state index contributed by atoms with van der Waals surface area (Å²) < 4.78 is 15.4. The Kier molecular flexibility index (Phi) is 3.12. The number of carbonyl (C=O) groups excluding carboxylic acids is 1. The Balaban J connectivity index is 1.63. The molecule has 0 saturated carbocycles. The zero-order valence-electron chi connectivity index (χ0n) is 10.8. The van der Waals surface area contributed by atoms with Crippen LogP contribution in [0.15, 0.2) is 50.1 Å². The lowest BCUT2D eigenvalue weighted by Gasteiger charge is -1.99. The minimum absolute atomic E-state index is 0.254. The number of furan rings is 2. The summed E-state index contributed by atoms with van der Waals surface area (Å²) in [4.78, 5) is 11.8.